The van der Waals surface area contributed by atoms with E-state index in [9.17, 15) is 4.79 Å². The summed E-state index contributed by atoms with van der Waals surface area (Å²) in [5, 5.41) is 6.48. The van der Waals surface area contributed by atoms with Crippen LogP contribution in [0.3, 0.4) is 0 Å². The van der Waals surface area contributed by atoms with Crippen molar-refractivity contribution in [3.8, 4) is 0 Å². The third kappa shape index (κ3) is 5.10. The Hall–Kier alpha value is -1.81. The molecule has 0 unspecified atom stereocenters. The molecule has 2 N–H and O–H groups in total. The molecule has 0 bridgehead atoms. The number of allylic oxidation sites excluding steroid dienone is 1. The molecule has 1 aromatic rings. The minimum absolute atomic E-state index is 0.0836. The van der Waals surface area contributed by atoms with Crippen molar-refractivity contribution in [2.24, 2.45) is 5.92 Å². The molecule has 1 amide bonds. The number of rotatable bonds is 6. The quantitative estimate of drug-likeness (QED) is 0.763. The summed E-state index contributed by atoms with van der Waals surface area (Å²) >= 11 is 0. The number of hydrogen-bond acceptors (Lipinski definition) is 3. The molecule has 0 aromatic heterocycles. The Kier molecular flexibility index (Phi) is 6.30. The fourth-order valence-corrected chi connectivity index (χ4v) is 3.37. The summed E-state index contributed by atoms with van der Waals surface area (Å²) in [6.45, 7) is 2.36. The number of ether oxygens (including phenoxy) is 1. The Bertz CT molecular complexity index is 560. The van der Waals surface area contributed by atoms with Crippen LogP contribution in [-0.2, 0) is 9.53 Å². The standard InChI is InChI=1S/C20H28N2O2/c23-20(17-11-14-24-15-12-17)22-19-8-6-18(7-9-19)21-13-10-16-4-2-1-3-5-16/h4,6-9,17,21H,1-3,5,10-15H2,(H,22,23). The Morgan fingerprint density at radius 3 is 2.54 bits per heavy atom. The largest absolute Gasteiger partial charge is 0.385 e. The zero-order valence-electron chi connectivity index (χ0n) is 14.4. The number of benzene rings is 1. The summed E-state index contributed by atoms with van der Waals surface area (Å²) < 4.78 is 5.30. The van der Waals surface area contributed by atoms with Gasteiger partial charge in [-0.2, -0.15) is 0 Å². The molecule has 0 saturated carbocycles. The molecule has 1 aliphatic carbocycles. The van der Waals surface area contributed by atoms with Gasteiger partial charge in [-0.05, 0) is 69.2 Å². The van der Waals surface area contributed by atoms with E-state index < -0.39 is 0 Å². The van der Waals surface area contributed by atoms with Gasteiger partial charge in [-0.15, -0.1) is 0 Å². The lowest BCUT2D eigenvalue weighted by Crippen LogP contribution is -2.28. The molecule has 24 heavy (non-hydrogen) atoms. The number of amides is 1. The molecule has 0 radical (unpaired) electrons. The van der Waals surface area contributed by atoms with Crippen LogP contribution in [0.2, 0.25) is 0 Å². The maximum absolute atomic E-state index is 12.2. The molecule has 1 fully saturated rings. The third-order valence-electron chi connectivity index (χ3n) is 4.90. The average molecular weight is 328 g/mol. The minimum Gasteiger partial charge on any atom is -0.385 e. The topological polar surface area (TPSA) is 50.4 Å². The van der Waals surface area contributed by atoms with E-state index in [0.717, 1.165) is 37.2 Å². The summed E-state index contributed by atoms with van der Waals surface area (Å²) in [6, 6.07) is 8.02. The van der Waals surface area contributed by atoms with Gasteiger partial charge < -0.3 is 15.4 Å². The van der Waals surface area contributed by atoms with Crippen LogP contribution < -0.4 is 10.6 Å². The van der Waals surface area contributed by atoms with Crippen molar-refractivity contribution in [3.63, 3.8) is 0 Å². The van der Waals surface area contributed by atoms with Crippen molar-refractivity contribution in [1.82, 2.24) is 0 Å². The second-order valence-electron chi connectivity index (χ2n) is 6.74. The molecule has 2 aliphatic rings. The van der Waals surface area contributed by atoms with Crippen LogP contribution in [0.25, 0.3) is 0 Å². The first-order valence-electron chi connectivity index (χ1n) is 9.22. The summed E-state index contributed by atoms with van der Waals surface area (Å²) in [6.07, 6.45) is 10.4. The molecule has 0 atom stereocenters. The first-order valence-corrected chi connectivity index (χ1v) is 9.22. The lowest BCUT2D eigenvalue weighted by molar-refractivity contribution is -0.122. The Balaban J connectivity index is 1.42. The lowest BCUT2D eigenvalue weighted by Gasteiger charge is -2.21. The van der Waals surface area contributed by atoms with E-state index in [0.29, 0.717) is 13.2 Å². The molecular formula is C20H28N2O2. The van der Waals surface area contributed by atoms with Crippen LogP contribution in [-0.4, -0.2) is 25.7 Å². The predicted octanol–water partition coefficient (Wildman–Crippen LogP) is 4.35. The third-order valence-corrected chi connectivity index (χ3v) is 4.90. The van der Waals surface area contributed by atoms with Gasteiger partial charge in [0.1, 0.15) is 0 Å². The number of carbonyl (C=O) groups is 1. The van der Waals surface area contributed by atoms with Gasteiger partial charge in [0.05, 0.1) is 0 Å². The first kappa shape index (κ1) is 17.0. The highest BCUT2D eigenvalue weighted by Crippen LogP contribution is 2.21. The monoisotopic (exact) mass is 328 g/mol. The molecule has 1 saturated heterocycles. The molecular weight excluding hydrogens is 300 g/mol. The molecule has 4 nitrogen and oxygen atoms in total. The van der Waals surface area contributed by atoms with Crippen LogP contribution in [0.4, 0.5) is 11.4 Å². The lowest BCUT2D eigenvalue weighted by atomic mass is 9.97. The van der Waals surface area contributed by atoms with Gasteiger partial charge in [0.15, 0.2) is 0 Å². The first-order chi connectivity index (χ1) is 11.8. The van der Waals surface area contributed by atoms with E-state index in [4.69, 9.17) is 4.74 Å². The van der Waals surface area contributed by atoms with Crippen LogP contribution in [0.1, 0.15) is 44.9 Å². The fourth-order valence-electron chi connectivity index (χ4n) is 3.37. The molecule has 0 spiro atoms. The molecule has 1 aliphatic heterocycles. The SMILES string of the molecule is O=C(Nc1ccc(NCCC2=CCCCC2)cc1)C1CCOCC1. The normalized spacial score (nSPS) is 18.8. The fraction of sp³-hybridized carbons (Fsp3) is 0.550. The van der Waals surface area contributed by atoms with E-state index >= 15 is 0 Å². The number of carbonyl (C=O) groups excluding carboxylic acids is 1. The van der Waals surface area contributed by atoms with Gasteiger partial charge in [-0.1, -0.05) is 11.6 Å². The number of anilines is 2. The van der Waals surface area contributed by atoms with Crippen molar-refractivity contribution in [1.29, 1.82) is 0 Å². The summed E-state index contributed by atoms with van der Waals surface area (Å²) in [5.74, 6) is 0.198. The van der Waals surface area contributed by atoms with E-state index in [2.05, 4.69) is 16.7 Å². The van der Waals surface area contributed by atoms with Gasteiger partial charge in [-0.3, -0.25) is 4.79 Å². The summed E-state index contributed by atoms with van der Waals surface area (Å²) in [7, 11) is 0. The second kappa shape index (κ2) is 8.88. The molecule has 1 heterocycles. The van der Waals surface area contributed by atoms with Crippen LogP contribution in [0, 0.1) is 5.92 Å². The van der Waals surface area contributed by atoms with Gasteiger partial charge >= 0.3 is 0 Å². The average Bonchev–Trinajstić information content (AvgIpc) is 2.65. The highest BCUT2D eigenvalue weighted by molar-refractivity contribution is 5.92. The zero-order chi connectivity index (χ0) is 16.6. The van der Waals surface area contributed by atoms with Gasteiger partial charge in [0, 0.05) is 37.1 Å². The maximum atomic E-state index is 12.2. The van der Waals surface area contributed by atoms with Crippen LogP contribution >= 0.6 is 0 Å². The second-order valence-corrected chi connectivity index (χ2v) is 6.74. The van der Waals surface area contributed by atoms with Gasteiger partial charge in [-0.25, -0.2) is 0 Å². The van der Waals surface area contributed by atoms with Gasteiger partial charge in [0.2, 0.25) is 5.91 Å². The van der Waals surface area contributed by atoms with E-state index in [-0.39, 0.29) is 11.8 Å². The molecule has 3 rings (SSSR count). The Labute approximate surface area is 144 Å². The van der Waals surface area contributed by atoms with Crippen molar-refractivity contribution >= 4 is 17.3 Å². The number of hydrogen-bond donors (Lipinski definition) is 2. The van der Waals surface area contributed by atoms with Crippen molar-refractivity contribution in [3.05, 3.63) is 35.9 Å². The van der Waals surface area contributed by atoms with Crippen molar-refractivity contribution in [2.45, 2.75) is 44.9 Å². The highest BCUT2D eigenvalue weighted by atomic mass is 16.5. The van der Waals surface area contributed by atoms with Gasteiger partial charge in [0.25, 0.3) is 0 Å². The summed E-state index contributed by atoms with van der Waals surface area (Å²) in [5.41, 5.74) is 3.57. The predicted molar refractivity (Wildman–Crippen MR) is 98.3 cm³/mol. The summed E-state index contributed by atoms with van der Waals surface area (Å²) in [4.78, 5) is 12.2. The van der Waals surface area contributed by atoms with Crippen molar-refractivity contribution in [2.75, 3.05) is 30.4 Å². The van der Waals surface area contributed by atoms with E-state index in [1.54, 1.807) is 5.57 Å². The molecule has 1 aromatic carbocycles. The minimum atomic E-state index is 0.0836. The van der Waals surface area contributed by atoms with E-state index in [1.165, 1.54) is 25.7 Å². The Morgan fingerprint density at radius 2 is 1.83 bits per heavy atom. The highest BCUT2D eigenvalue weighted by Gasteiger charge is 2.21. The van der Waals surface area contributed by atoms with Crippen LogP contribution in [0.15, 0.2) is 35.9 Å². The molecule has 4 heteroatoms. The smallest absolute Gasteiger partial charge is 0.227 e. The molecule has 130 valence electrons. The maximum Gasteiger partial charge on any atom is 0.227 e. The zero-order valence-corrected chi connectivity index (χ0v) is 14.4. The van der Waals surface area contributed by atoms with E-state index in [1.807, 2.05) is 24.3 Å². The van der Waals surface area contributed by atoms with Crippen LogP contribution in [0.5, 0.6) is 0 Å². The van der Waals surface area contributed by atoms with Crippen molar-refractivity contribution < 1.29 is 9.53 Å². The Morgan fingerprint density at radius 1 is 1.08 bits per heavy atom. The number of nitrogens with one attached hydrogen (secondary N) is 2.